The van der Waals surface area contributed by atoms with Crippen LogP contribution < -0.4 is 14.9 Å². The molecule has 1 N–H and O–H groups in total. The minimum absolute atomic E-state index is 0.266. The number of nitrogens with zero attached hydrogens (tertiary/aromatic N) is 5. The molecule has 0 radical (unpaired) electrons. The van der Waals surface area contributed by atoms with Gasteiger partial charge in [0.25, 0.3) is 0 Å². The van der Waals surface area contributed by atoms with E-state index in [2.05, 4.69) is 57.2 Å². The van der Waals surface area contributed by atoms with Gasteiger partial charge in [0.2, 0.25) is 0 Å². The Balaban J connectivity index is 1.23. The number of thiazole rings is 1. The molecule has 0 bridgehead atoms. The number of aryl methyl sites for hydroxylation is 2. The van der Waals surface area contributed by atoms with Crippen LogP contribution in [0.3, 0.4) is 0 Å². The van der Waals surface area contributed by atoms with Crippen LogP contribution in [-0.4, -0.2) is 38.3 Å². The first kappa shape index (κ1) is 31.6. The number of benzene rings is 3. The number of nitrogens with one attached hydrogen (secondary N) is 1. The molecule has 8 nitrogen and oxygen atoms in total. The van der Waals surface area contributed by atoms with E-state index < -0.39 is 18.6 Å². The van der Waals surface area contributed by atoms with Crippen LogP contribution in [-0.2, 0) is 0 Å². The molecule has 45 heavy (non-hydrogen) atoms. The predicted octanol–water partition coefficient (Wildman–Crippen LogP) is 7.75. The monoisotopic (exact) mass is 638 g/mol. The van der Waals surface area contributed by atoms with E-state index >= 15 is 4.39 Å². The van der Waals surface area contributed by atoms with Crippen LogP contribution in [0.15, 0.2) is 83.4 Å². The number of halogens is 4. The molecule has 0 fully saturated rings. The zero-order valence-corrected chi connectivity index (χ0v) is 25.7. The van der Waals surface area contributed by atoms with Gasteiger partial charge in [0.05, 0.1) is 17.9 Å². The number of carbonyl (C=O) groups is 1. The molecule has 1 atom stereocenters. The SMILES string of the molecule is Cc1ccc(C(C)C)c(-n2c(C)cs/c2=N\C(=O)NCC(F)c2ccc(-c3ncn(-c4ccc(OC(F)(F)F)cc4)n3)cc2)c1. The zero-order valence-electron chi connectivity index (χ0n) is 24.8. The predicted molar refractivity (Wildman–Crippen MR) is 163 cm³/mol. The molecule has 5 rings (SSSR count). The fourth-order valence-corrected chi connectivity index (χ4v) is 5.55. The lowest BCUT2D eigenvalue weighted by molar-refractivity contribution is -0.274. The third kappa shape index (κ3) is 7.66. The first-order valence-corrected chi connectivity index (χ1v) is 14.9. The van der Waals surface area contributed by atoms with Gasteiger partial charge in [-0.05, 0) is 66.8 Å². The highest BCUT2D eigenvalue weighted by atomic mass is 32.1. The lowest BCUT2D eigenvalue weighted by Crippen LogP contribution is -2.27. The summed E-state index contributed by atoms with van der Waals surface area (Å²) < 4.78 is 59.5. The van der Waals surface area contributed by atoms with Crippen LogP contribution in [0, 0.1) is 13.8 Å². The van der Waals surface area contributed by atoms with Crippen molar-refractivity contribution in [3.8, 4) is 28.5 Å². The highest BCUT2D eigenvalue weighted by Gasteiger charge is 2.31. The van der Waals surface area contributed by atoms with Gasteiger partial charge < -0.3 is 10.1 Å². The lowest BCUT2D eigenvalue weighted by atomic mass is 9.99. The number of rotatable bonds is 8. The van der Waals surface area contributed by atoms with E-state index in [9.17, 15) is 18.0 Å². The Hall–Kier alpha value is -4.78. The van der Waals surface area contributed by atoms with E-state index in [1.165, 1.54) is 46.6 Å². The van der Waals surface area contributed by atoms with Gasteiger partial charge in [0, 0.05) is 16.6 Å². The molecule has 234 valence electrons. The smallest absolute Gasteiger partial charge is 0.406 e. The average molecular weight is 639 g/mol. The van der Waals surface area contributed by atoms with E-state index in [0.717, 1.165) is 22.5 Å². The summed E-state index contributed by atoms with van der Waals surface area (Å²) in [4.78, 5) is 21.7. The molecule has 13 heteroatoms. The minimum Gasteiger partial charge on any atom is -0.406 e. The van der Waals surface area contributed by atoms with Crippen molar-refractivity contribution in [3.05, 3.63) is 106 Å². The van der Waals surface area contributed by atoms with Crippen LogP contribution in [0.4, 0.5) is 22.4 Å². The molecular weight excluding hydrogens is 608 g/mol. The minimum atomic E-state index is -4.78. The average Bonchev–Trinajstić information content (AvgIpc) is 3.62. The summed E-state index contributed by atoms with van der Waals surface area (Å²) in [6.07, 6.45) is -4.84. The molecule has 0 saturated carbocycles. The topological polar surface area (TPSA) is 86.3 Å². The van der Waals surface area contributed by atoms with Crippen LogP contribution in [0.25, 0.3) is 22.8 Å². The van der Waals surface area contributed by atoms with Crippen molar-refractivity contribution in [2.75, 3.05) is 6.54 Å². The second-order valence-electron chi connectivity index (χ2n) is 10.7. The normalized spacial score (nSPS) is 12.9. The van der Waals surface area contributed by atoms with Gasteiger partial charge in [0.1, 0.15) is 18.2 Å². The second kappa shape index (κ2) is 13.1. The molecule has 3 aromatic carbocycles. The molecule has 1 unspecified atom stereocenters. The standard InChI is InChI=1S/C32H30F4N6O2S/c1-19(2)26-14-5-20(3)15-28(26)42-21(4)17-45-31(42)39-30(43)37-16-27(33)22-6-8-23(9-7-22)29-38-18-41(40-29)24-10-12-25(13-11-24)44-32(34,35)36/h5-15,17-19,27H,16H2,1-4H3,(H,37,43)/b39-31-. The van der Waals surface area contributed by atoms with E-state index in [1.54, 1.807) is 24.3 Å². The quantitative estimate of drug-likeness (QED) is 0.176. The largest absolute Gasteiger partial charge is 0.573 e. The second-order valence-corrected chi connectivity index (χ2v) is 11.5. The molecule has 2 heterocycles. The van der Waals surface area contributed by atoms with Crippen LogP contribution in [0.2, 0.25) is 0 Å². The van der Waals surface area contributed by atoms with Crippen molar-refractivity contribution in [3.63, 3.8) is 0 Å². The number of carbonyl (C=O) groups excluding carboxylic acids is 1. The number of amides is 2. The number of hydrogen-bond acceptors (Lipinski definition) is 5. The van der Waals surface area contributed by atoms with E-state index in [1.807, 2.05) is 23.8 Å². The highest BCUT2D eigenvalue weighted by molar-refractivity contribution is 7.07. The summed E-state index contributed by atoms with van der Waals surface area (Å²) in [5, 5.41) is 8.85. The van der Waals surface area contributed by atoms with E-state index in [-0.39, 0.29) is 18.2 Å². The number of ether oxygens (including phenoxy) is 1. The Bertz CT molecular complexity index is 1860. The zero-order chi connectivity index (χ0) is 32.3. The number of urea groups is 1. The van der Waals surface area contributed by atoms with Gasteiger partial charge in [-0.1, -0.05) is 50.2 Å². The maximum Gasteiger partial charge on any atom is 0.573 e. The molecule has 2 aromatic heterocycles. The number of hydrogen-bond donors (Lipinski definition) is 1. The molecule has 0 saturated heterocycles. The maximum atomic E-state index is 15.1. The Morgan fingerprint density at radius 2 is 1.76 bits per heavy atom. The third-order valence-corrected chi connectivity index (χ3v) is 7.86. The molecule has 5 aromatic rings. The summed E-state index contributed by atoms with van der Waals surface area (Å²) in [6.45, 7) is 7.92. The van der Waals surface area contributed by atoms with Gasteiger partial charge in [-0.3, -0.25) is 4.57 Å². The van der Waals surface area contributed by atoms with Gasteiger partial charge >= 0.3 is 12.4 Å². The van der Waals surface area contributed by atoms with Crippen LogP contribution in [0.1, 0.15) is 48.3 Å². The van der Waals surface area contributed by atoms with E-state index in [4.69, 9.17) is 0 Å². The number of alkyl halides is 4. The summed E-state index contributed by atoms with van der Waals surface area (Å²) >= 11 is 1.34. The summed E-state index contributed by atoms with van der Waals surface area (Å²) in [7, 11) is 0. The van der Waals surface area contributed by atoms with Crippen molar-refractivity contribution in [2.24, 2.45) is 4.99 Å². The number of aromatic nitrogens is 4. The van der Waals surface area contributed by atoms with Gasteiger partial charge in [-0.15, -0.1) is 29.6 Å². The van der Waals surface area contributed by atoms with Gasteiger partial charge in [-0.25, -0.2) is 18.9 Å². The molecule has 0 aliphatic carbocycles. The summed E-state index contributed by atoms with van der Waals surface area (Å²) in [5.74, 6) is 0.260. The van der Waals surface area contributed by atoms with Crippen molar-refractivity contribution in [1.29, 1.82) is 0 Å². The van der Waals surface area contributed by atoms with Crippen molar-refractivity contribution >= 4 is 17.4 Å². The first-order valence-electron chi connectivity index (χ1n) is 14.0. The summed E-state index contributed by atoms with van der Waals surface area (Å²) in [6, 6.07) is 17.2. The van der Waals surface area contributed by atoms with E-state index in [0.29, 0.717) is 27.4 Å². The van der Waals surface area contributed by atoms with Crippen LogP contribution >= 0.6 is 11.3 Å². The van der Waals surface area contributed by atoms with Crippen LogP contribution in [0.5, 0.6) is 5.75 Å². The Morgan fingerprint density at radius 3 is 2.42 bits per heavy atom. The fraction of sp³-hybridized carbons (Fsp3) is 0.250. The molecule has 0 aliphatic heterocycles. The molecule has 0 aliphatic rings. The molecule has 2 amide bonds. The fourth-order valence-electron chi connectivity index (χ4n) is 4.68. The van der Waals surface area contributed by atoms with Crippen molar-refractivity contribution in [2.45, 2.75) is 46.1 Å². The Labute approximate surface area is 260 Å². The Morgan fingerprint density at radius 1 is 1.04 bits per heavy atom. The molecular formula is C32H30F4N6O2S. The van der Waals surface area contributed by atoms with Gasteiger partial charge in [-0.2, -0.15) is 4.99 Å². The lowest BCUT2D eigenvalue weighted by Gasteiger charge is -2.16. The first-order chi connectivity index (χ1) is 21.4. The Kier molecular flexibility index (Phi) is 9.19. The highest BCUT2D eigenvalue weighted by Crippen LogP contribution is 2.26. The van der Waals surface area contributed by atoms with Crippen molar-refractivity contribution in [1.82, 2.24) is 24.6 Å². The third-order valence-electron chi connectivity index (χ3n) is 6.91. The summed E-state index contributed by atoms with van der Waals surface area (Å²) in [5.41, 5.74) is 5.56. The molecule has 0 spiro atoms. The maximum absolute atomic E-state index is 15.1. The van der Waals surface area contributed by atoms with Gasteiger partial charge in [0.15, 0.2) is 10.6 Å². The van der Waals surface area contributed by atoms with Crippen molar-refractivity contribution < 1.29 is 27.1 Å².